The van der Waals surface area contributed by atoms with E-state index < -0.39 is 0 Å². The van der Waals surface area contributed by atoms with Crippen molar-refractivity contribution in [2.45, 2.75) is 25.8 Å². The first-order valence-electron chi connectivity index (χ1n) is 5.60. The number of aryl methyl sites for hydroxylation is 1. The average Bonchev–Trinajstić information content (AvgIpc) is 2.34. The number of aromatic nitrogens is 2. The third kappa shape index (κ3) is 2.39. The Bertz CT molecular complexity index is 372. The topological polar surface area (TPSA) is 47.0 Å². The van der Waals surface area contributed by atoms with Crippen molar-refractivity contribution in [1.29, 1.82) is 0 Å². The van der Waals surface area contributed by atoms with E-state index >= 15 is 0 Å². The van der Waals surface area contributed by atoms with Crippen molar-refractivity contribution >= 4 is 0 Å². The summed E-state index contributed by atoms with van der Waals surface area (Å²) in [5.74, 6) is 0.965. The van der Waals surface area contributed by atoms with Gasteiger partial charge < -0.3 is 10.1 Å². The third-order valence-corrected chi connectivity index (χ3v) is 2.63. The van der Waals surface area contributed by atoms with Crippen LogP contribution in [-0.2, 0) is 4.74 Å². The molecule has 0 saturated carbocycles. The van der Waals surface area contributed by atoms with Crippen LogP contribution in [0.15, 0.2) is 24.2 Å². The van der Waals surface area contributed by atoms with Crippen molar-refractivity contribution in [3.05, 3.63) is 35.6 Å². The molecule has 0 radical (unpaired) electrons. The number of hydrogen-bond donors (Lipinski definition) is 1. The molecule has 2 heterocycles. The molecule has 1 atom stereocenters. The van der Waals surface area contributed by atoms with E-state index in [1.807, 2.05) is 14.0 Å². The van der Waals surface area contributed by atoms with Gasteiger partial charge in [-0.05, 0) is 32.9 Å². The molecule has 1 N–H and O–H groups in total. The number of likely N-dealkylation sites (N-methyl/N-ethyl adjacent to an activating group) is 1. The monoisotopic (exact) mass is 219 g/mol. The van der Waals surface area contributed by atoms with Gasteiger partial charge in [0.1, 0.15) is 11.8 Å². The van der Waals surface area contributed by atoms with Gasteiger partial charge in [-0.2, -0.15) is 0 Å². The first kappa shape index (κ1) is 11.1. The highest BCUT2D eigenvalue weighted by atomic mass is 16.5. The van der Waals surface area contributed by atoms with Crippen LogP contribution in [0.4, 0.5) is 0 Å². The normalized spacial score (nSPS) is 17.5. The molecule has 0 spiro atoms. The SMILES string of the molecule is CNC(C1=CCCCO1)c1cnc(C)cn1. The zero-order valence-electron chi connectivity index (χ0n) is 9.73. The minimum Gasteiger partial charge on any atom is -0.496 e. The molecular formula is C12H17N3O. The molecule has 1 aliphatic rings. The first-order valence-corrected chi connectivity index (χ1v) is 5.60. The predicted molar refractivity (Wildman–Crippen MR) is 61.8 cm³/mol. The Labute approximate surface area is 95.8 Å². The number of nitrogens with one attached hydrogen (secondary N) is 1. The van der Waals surface area contributed by atoms with Gasteiger partial charge >= 0.3 is 0 Å². The van der Waals surface area contributed by atoms with E-state index in [0.717, 1.165) is 36.6 Å². The molecule has 86 valence electrons. The van der Waals surface area contributed by atoms with E-state index in [1.54, 1.807) is 12.4 Å². The highest BCUT2D eigenvalue weighted by molar-refractivity contribution is 5.17. The number of nitrogens with zero attached hydrogens (tertiary/aromatic N) is 2. The zero-order chi connectivity index (χ0) is 11.4. The molecule has 16 heavy (non-hydrogen) atoms. The van der Waals surface area contributed by atoms with E-state index in [0.29, 0.717) is 0 Å². The van der Waals surface area contributed by atoms with Crippen LogP contribution < -0.4 is 5.32 Å². The van der Waals surface area contributed by atoms with Crippen molar-refractivity contribution in [3.63, 3.8) is 0 Å². The maximum Gasteiger partial charge on any atom is 0.115 e. The van der Waals surface area contributed by atoms with Gasteiger partial charge in [0.05, 0.1) is 24.2 Å². The molecule has 0 aromatic carbocycles. The molecule has 0 amide bonds. The van der Waals surface area contributed by atoms with Crippen molar-refractivity contribution in [3.8, 4) is 0 Å². The van der Waals surface area contributed by atoms with Crippen molar-refractivity contribution in [1.82, 2.24) is 15.3 Å². The summed E-state index contributed by atoms with van der Waals surface area (Å²) in [4.78, 5) is 8.64. The lowest BCUT2D eigenvalue weighted by Gasteiger charge is -2.22. The molecular weight excluding hydrogens is 202 g/mol. The van der Waals surface area contributed by atoms with E-state index in [1.165, 1.54) is 0 Å². The average molecular weight is 219 g/mol. The fourth-order valence-corrected chi connectivity index (χ4v) is 1.77. The highest BCUT2D eigenvalue weighted by Crippen LogP contribution is 2.23. The molecule has 1 aromatic heterocycles. The fraction of sp³-hybridized carbons (Fsp3) is 0.500. The summed E-state index contributed by atoms with van der Waals surface area (Å²) in [5.41, 5.74) is 1.83. The van der Waals surface area contributed by atoms with Crippen LogP contribution in [-0.4, -0.2) is 23.6 Å². The Balaban J connectivity index is 2.21. The van der Waals surface area contributed by atoms with Crippen LogP contribution in [0.3, 0.4) is 0 Å². The second-order valence-electron chi connectivity index (χ2n) is 3.90. The van der Waals surface area contributed by atoms with E-state index in [4.69, 9.17) is 4.74 Å². The second kappa shape index (κ2) is 5.07. The first-order chi connectivity index (χ1) is 7.81. The number of allylic oxidation sites excluding steroid dienone is 1. The van der Waals surface area contributed by atoms with Gasteiger partial charge in [-0.25, -0.2) is 0 Å². The fourth-order valence-electron chi connectivity index (χ4n) is 1.77. The smallest absolute Gasteiger partial charge is 0.115 e. The van der Waals surface area contributed by atoms with Crippen LogP contribution in [0.5, 0.6) is 0 Å². The van der Waals surface area contributed by atoms with Gasteiger partial charge in [0.15, 0.2) is 0 Å². The summed E-state index contributed by atoms with van der Waals surface area (Å²) >= 11 is 0. The Morgan fingerprint density at radius 2 is 2.25 bits per heavy atom. The van der Waals surface area contributed by atoms with Crippen LogP contribution in [0, 0.1) is 6.92 Å². The Morgan fingerprint density at radius 1 is 1.38 bits per heavy atom. The van der Waals surface area contributed by atoms with E-state index in [2.05, 4.69) is 21.4 Å². The molecule has 0 fully saturated rings. The second-order valence-corrected chi connectivity index (χ2v) is 3.90. The summed E-state index contributed by atoms with van der Waals surface area (Å²) in [6.07, 6.45) is 7.89. The lowest BCUT2D eigenvalue weighted by molar-refractivity contribution is 0.168. The molecule has 4 nitrogen and oxygen atoms in total. The Morgan fingerprint density at radius 3 is 2.81 bits per heavy atom. The number of ether oxygens (including phenoxy) is 1. The van der Waals surface area contributed by atoms with E-state index in [9.17, 15) is 0 Å². The standard InChI is InChI=1S/C12H17N3O/c1-9-7-15-10(8-14-9)12(13-2)11-5-3-4-6-16-11/h5,7-8,12-13H,3-4,6H2,1-2H3. The maximum atomic E-state index is 5.65. The highest BCUT2D eigenvalue weighted by Gasteiger charge is 2.19. The summed E-state index contributed by atoms with van der Waals surface area (Å²) in [7, 11) is 1.91. The Hall–Kier alpha value is -1.42. The predicted octanol–water partition coefficient (Wildman–Crippen LogP) is 1.74. The van der Waals surface area contributed by atoms with Crippen LogP contribution >= 0.6 is 0 Å². The third-order valence-electron chi connectivity index (χ3n) is 2.63. The van der Waals surface area contributed by atoms with Gasteiger partial charge in [-0.3, -0.25) is 9.97 Å². The molecule has 0 aliphatic carbocycles. The van der Waals surface area contributed by atoms with Gasteiger partial charge in [-0.15, -0.1) is 0 Å². The minimum atomic E-state index is 0.0217. The summed E-state index contributed by atoms with van der Waals surface area (Å²) < 4.78 is 5.65. The number of hydrogen-bond acceptors (Lipinski definition) is 4. The maximum absolute atomic E-state index is 5.65. The molecule has 4 heteroatoms. The summed E-state index contributed by atoms with van der Waals surface area (Å²) in [5, 5.41) is 3.21. The minimum absolute atomic E-state index is 0.0217. The van der Waals surface area contributed by atoms with Crippen molar-refractivity contribution in [2.24, 2.45) is 0 Å². The van der Waals surface area contributed by atoms with Gasteiger partial charge in [0.25, 0.3) is 0 Å². The van der Waals surface area contributed by atoms with Gasteiger partial charge in [0.2, 0.25) is 0 Å². The molecule has 2 rings (SSSR count). The van der Waals surface area contributed by atoms with E-state index in [-0.39, 0.29) is 6.04 Å². The van der Waals surface area contributed by atoms with Crippen LogP contribution in [0.2, 0.25) is 0 Å². The molecule has 0 saturated heterocycles. The summed E-state index contributed by atoms with van der Waals surface area (Å²) in [6.45, 7) is 2.73. The van der Waals surface area contributed by atoms with Crippen LogP contribution in [0.1, 0.15) is 30.3 Å². The van der Waals surface area contributed by atoms with Crippen molar-refractivity contribution in [2.75, 3.05) is 13.7 Å². The van der Waals surface area contributed by atoms with Gasteiger partial charge in [-0.1, -0.05) is 0 Å². The van der Waals surface area contributed by atoms with Crippen molar-refractivity contribution < 1.29 is 4.74 Å². The molecule has 1 unspecified atom stereocenters. The molecule has 1 aromatic rings. The molecule has 1 aliphatic heterocycles. The summed E-state index contributed by atoms with van der Waals surface area (Å²) in [6, 6.07) is 0.0217. The quantitative estimate of drug-likeness (QED) is 0.841. The Kier molecular flexibility index (Phi) is 3.51. The van der Waals surface area contributed by atoms with Gasteiger partial charge in [0, 0.05) is 6.20 Å². The zero-order valence-corrected chi connectivity index (χ0v) is 9.73. The number of rotatable bonds is 3. The lowest BCUT2D eigenvalue weighted by Crippen LogP contribution is -2.23. The molecule has 0 bridgehead atoms. The largest absolute Gasteiger partial charge is 0.496 e. The van der Waals surface area contributed by atoms with Crippen LogP contribution in [0.25, 0.3) is 0 Å². The lowest BCUT2D eigenvalue weighted by atomic mass is 10.1.